The maximum Gasteiger partial charge on any atom is 0.329 e. The normalized spacial score (nSPS) is 10.5. The summed E-state index contributed by atoms with van der Waals surface area (Å²) in [6.07, 6.45) is 1.44. The Morgan fingerprint density at radius 1 is 0.603 bits per heavy atom. The standard InChI is InChI=1S/C8H10N2O2S.C8H10O4.C7H12N2O2S.C6H14N2O.C6H10O6.C5H10N2O2.C3H8N2S/c1-9-7(11)5-3-4-6(13-5)8(12)10-2;1-3-11-7-5(9)6(10)8(7)12-4-2;1-4-10-6-7(11-5-2)9-12(3)8-6;1-7-5-3-4-6(9)8-2;7-5(8)3-11-1-2-12-4-6(9)10;1-6-4(8)3-5(9)7-2;1-4-3(6)5-2/h3-4H,1-2H3,(H,9,11)(H,10,12);3-4H2,1-2H3;3-5H2,1-2H3;7H,3-5H2,1-2H3,(H,8,9);1-4H2,(H,7,8)(H,9,10);3H2,1-2H3,(H,6,8)(H,7,9);1-2H3,(H2,4,5,6). The van der Waals surface area contributed by atoms with E-state index in [-0.39, 0.29) is 60.7 Å². The number of carboxylic acid groups (broad SMARTS) is 2. The molecule has 0 saturated heterocycles. The van der Waals surface area contributed by atoms with E-state index in [0.717, 1.165) is 13.0 Å². The quantitative estimate of drug-likeness (QED) is 0.0324. The maximum absolute atomic E-state index is 11.1. The molecule has 10 N–H and O–H groups in total. The third-order valence-corrected chi connectivity index (χ3v) is 9.54. The van der Waals surface area contributed by atoms with E-state index in [1.807, 2.05) is 20.9 Å². The molecule has 3 rings (SSSR count). The van der Waals surface area contributed by atoms with Crippen LogP contribution >= 0.6 is 34.4 Å². The van der Waals surface area contributed by atoms with Gasteiger partial charge >= 0.3 is 11.9 Å². The third kappa shape index (κ3) is 38.7. The van der Waals surface area contributed by atoms with Crippen LogP contribution in [0.5, 0.6) is 11.5 Å². The Balaban J connectivity index is -0.000000385. The SMILES string of the molecule is C=S1N=C(OCC)C(OCC)=N1.CCOc1c(OCC)c(=O)c1=O.CNC(=O)CC(=O)NC.CNC(=O)c1ccc(C(=O)NC)s1.CNC(=S)NC.CNCCCC(=O)NC.O=C(O)COCCOCC(=O)O. The number of amides is 5. The van der Waals surface area contributed by atoms with Crippen molar-refractivity contribution in [2.45, 2.75) is 47.0 Å². The molecule has 0 atom stereocenters. The van der Waals surface area contributed by atoms with Crippen LogP contribution in [0.15, 0.2) is 30.5 Å². The fourth-order valence-electron chi connectivity index (χ4n) is 3.90. The zero-order chi connectivity index (χ0) is 56.7. The minimum atomic E-state index is -1.06. The molecule has 1 aromatic heterocycles. The van der Waals surface area contributed by atoms with Crippen molar-refractivity contribution in [3.8, 4) is 11.5 Å². The second-order valence-corrected chi connectivity index (χ2v) is 15.2. The molecule has 1 aliphatic rings. The zero-order valence-electron chi connectivity index (χ0n) is 43.5. The van der Waals surface area contributed by atoms with Gasteiger partial charge in [-0.2, -0.15) is 8.80 Å². The Hall–Kier alpha value is -6.60. The molecule has 0 aliphatic carbocycles. The lowest BCUT2D eigenvalue weighted by Crippen LogP contribution is -2.34. The molecule has 30 heteroatoms. The second kappa shape index (κ2) is 47.7. The first kappa shape index (κ1) is 72.9. The molecule has 73 heavy (non-hydrogen) atoms. The molecule has 0 unspecified atom stereocenters. The van der Waals surface area contributed by atoms with Gasteiger partial charge in [-0.25, -0.2) is 9.59 Å². The Morgan fingerprint density at radius 2 is 0.973 bits per heavy atom. The summed E-state index contributed by atoms with van der Waals surface area (Å²) in [5.74, 6) is 1.93. The molecule has 1 aromatic carbocycles. The van der Waals surface area contributed by atoms with Crippen molar-refractivity contribution in [1.82, 2.24) is 42.5 Å². The molecule has 2 aromatic rings. The molecule has 416 valence electrons. The fourth-order valence-corrected chi connectivity index (χ4v) is 5.49. The number of thiophene rings is 1. The van der Waals surface area contributed by atoms with Crippen LogP contribution in [0.2, 0.25) is 0 Å². The van der Waals surface area contributed by atoms with Crippen LogP contribution in [-0.2, 0) is 42.9 Å². The van der Waals surface area contributed by atoms with Crippen molar-refractivity contribution >= 4 is 98.7 Å². The first-order chi connectivity index (χ1) is 34.6. The highest BCUT2D eigenvalue weighted by Crippen LogP contribution is 2.22. The number of hydrogen-bond donors (Lipinski definition) is 10. The van der Waals surface area contributed by atoms with Crippen molar-refractivity contribution in [3.63, 3.8) is 0 Å². The van der Waals surface area contributed by atoms with Crippen molar-refractivity contribution in [3.05, 3.63) is 42.3 Å². The summed E-state index contributed by atoms with van der Waals surface area (Å²) in [5.41, 5.74) is -1.17. The Bertz CT molecular complexity index is 1980. The summed E-state index contributed by atoms with van der Waals surface area (Å²) in [4.78, 5) is 96.1. The molecule has 0 radical (unpaired) electrons. The summed E-state index contributed by atoms with van der Waals surface area (Å²) >= 11 is 5.81. The van der Waals surface area contributed by atoms with Gasteiger partial charge < -0.3 is 81.2 Å². The van der Waals surface area contributed by atoms with E-state index in [4.69, 9.17) is 29.2 Å². The van der Waals surface area contributed by atoms with Gasteiger partial charge in [-0.1, -0.05) is 0 Å². The minimum absolute atomic E-state index is 0.0735. The number of carboxylic acids is 2. The van der Waals surface area contributed by atoms with Gasteiger partial charge in [0, 0.05) is 66.6 Å². The number of carbonyl (C=O) groups excluding carboxylic acids is 5. The zero-order valence-corrected chi connectivity index (χ0v) is 45.9. The number of aliphatic carboxylic acids is 2. The topological polar surface area (TPSA) is 370 Å². The van der Waals surface area contributed by atoms with Crippen LogP contribution in [0.4, 0.5) is 0 Å². The Kier molecular flexibility index (Phi) is 47.7. The molecule has 1 aliphatic heterocycles. The molecule has 0 spiro atoms. The molecule has 0 fully saturated rings. The Morgan fingerprint density at radius 3 is 1.25 bits per heavy atom. The number of rotatable bonds is 21. The number of nitrogens with one attached hydrogen (secondary N) is 8. The highest BCUT2D eigenvalue weighted by molar-refractivity contribution is 8.12. The van der Waals surface area contributed by atoms with Crippen LogP contribution < -0.4 is 62.9 Å². The van der Waals surface area contributed by atoms with Gasteiger partial charge in [0.2, 0.25) is 29.2 Å². The smallest absolute Gasteiger partial charge is 0.329 e. The predicted octanol–water partition coefficient (Wildman–Crippen LogP) is -0.552. The van der Waals surface area contributed by atoms with Crippen molar-refractivity contribution in [2.24, 2.45) is 8.80 Å². The molecule has 27 nitrogen and oxygen atoms in total. The third-order valence-electron chi connectivity index (χ3n) is 7.30. The largest absolute Gasteiger partial charge is 0.486 e. The number of carbonyl (C=O) groups is 7. The fraction of sp³-hybridized carbons (Fsp3) is 0.558. The first-order valence-electron chi connectivity index (χ1n) is 22.0. The predicted molar refractivity (Wildman–Crippen MR) is 285 cm³/mol. The van der Waals surface area contributed by atoms with Gasteiger partial charge in [-0.3, -0.25) is 33.6 Å². The number of thiocarbonyl (C=S) groups is 1. The van der Waals surface area contributed by atoms with E-state index < -0.39 is 46.9 Å². The molecule has 0 saturated carbocycles. The van der Waals surface area contributed by atoms with Gasteiger partial charge in [0.1, 0.15) is 19.6 Å². The lowest BCUT2D eigenvalue weighted by atomic mass is 10.2. The van der Waals surface area contributed by atoms with Crippen LogP contribution in [-0.4, -0.2) is 190 Å². The second-order valence-electron chi connectivity index (χ2n) is 12.6. The lowest BCUT2D eigenvalue weighted by Gasteiger charge is -2.10. The highest BCUT2D eigenvalue weighted by Gasteiger charge is 2.23. The summed E-state index contributed by atoms with van der Waals surface area (Å²) in [6, 6.07) is 3.27. The van der Waals surface area contributed by atoms with Crippen LogP contribution in [0.3, 0.4) is 0 Å². The van der Waals surface area contributed by atoms with Gasteiger partial charge in [-0.15, -0.1) is 11.3 Å². The lowest BCUT2D eigenvalue weighted by molar-refractivity contribution is -0.146. The average molecular weight is 1100 g/mol. The number of ether oxygens (including phenoxy) is 6. The van der Waals surface area contributed by atoms with E-state index in [2.05, 4.69) is 78.9 Å². The van der Waals surface area contributed by atoms with Crippen molar-refractivity contribution in [1.29, 1.82) is 0 Å². The van der Waals surface area contributed by atoms with E-state index in [1.165, 1.54) is 25.4 Å². The molecular formula is C43H74N10O17S3. The van der Waals surface area contributed by atoms with E-state index in [0.29, 0.717) is 59.5 Å². The van der Waals surface area contributed by atoms with Crippen molar-refractivity contribution in [2.75, 3.05) is 116 Å². The van der Waals surface area contributed by atoms with Gasteiger partial charge in [0.15, 0.2) is 5.11 Å². The monoisotopic (exact) mass is 1100 g/mol. The number of hydrogen-bond acceptors (Lipinski definition) is 20. The van der Waals surface area contributed by atoms with E-state index in [9.17, 15) is 43.2 Å². The molecule has 2 heterocycles. The number of nitrogens with zero attached hydrogens (tertiary/aromatic N) is 2. The Labute approximate surface area is 437 Å². The maximum atomic E-state index is 11.1. The highest BCUT2D eigenvalue weighted by atomic mass is 32.2. The molecule has 0 bridgehead atoms. The summed E-state index contributed by atoms with van der Waals surface area (Å²) in [5, 5.41) is 37.5. The summed E-state index contributed by atoms with van der Waals surface area (Å²) < 4.78 is 37.5. The van der Waals surface area contributed by atoms with Gasteiger partial charge in [-0.05, 0) is 77.9 Å². The molecular weight excluding hydrogens is 1020 g/mol. The van der Waals surface area contributed by atoms with Crippen LogP contribution in [0.25, 0.3) is 0 Å². The summed E-state index contributed by atoms with van der Waals surface area (Å²) in [7, 11) is 12.6. The van der Waals surface area contributed by atoms with Gasteiger partial charge in [0.25, 0.3) is 34.5 Å². The van der Waals surface area contributed by atoms with Crippen LogP contribution in [0, 0.1) is 0 Å². The first-order valence-corrected chi connectivity index (χ1v) is 24.5. The van der Waals surface area contributed by atoms with Gasteiger partial charge in [0.05, 0.1) is 49.4 Å². The molecule has 5 amide bonds. The van der Waals surface area contributed by atoms with Crippen molar-refractivity contribution < 1.29 is 72.2 Å². The average Bonchev–Trinajstić information content (AvgIpc) is 4.02. The minimum Gasteiger partial charge on any atom is -0.486 e. The summed E-state index contributed by atoms with van der Waals surface area (Å²) in [6.45, 7) is 9.44. The van der Waals surface area contributed by atoms with E-state index in [1.54, 1.807) is 61.2 Å². The van der Waals surface area contributed by atoms with Crippen LogP contribution in [0.1, 0.15) is 66.3 Å². The van der Waals surface area contributed by atoms with E-state index >= 15 is 0 Å².